The van der Waals surface area contributed by atoms with Gasteiger partial charge in [0.1, 0.15) is 0 Å². The highest BCUT2D eigenvalue weighted by atomic mass is 32.2. The first kappa shape index (κ1) is 27.9. The lowest BCUT2D eigenvalue weighted by molar-refractivity contribution is 0.457. The van der Waals surface area contributed by atoms with Crippen molar-refractivity contribution in [2.75, 3.05) is 21.8 Å². The Kier molecular flexibility index (Phi) is 7.57. The van der Waals surface area contributed by atoms with Gasteiger partial charge in [0.2, 0.25) is 10.0 Å². The topological polar surface area (TPSA) is 132 Å². The minimum Gasteiger partial charge on any atom is -0.494 e. The predicted molar refractivity (Wildman–Crippen MR) is 163 cm³/mol. The summed E-state index contributed by atoms with van der Waals surface area (Å²) in [4.78, 5) is 7.93. The SMILES string of the molecule is CCS(=O)(=O)N(C)c1ccc(N=C(c2ccccc2)c2c(O)[nH]c3ccc(NS(=O)(=O)c4ccccc4)cc23)cc1. The van der Waals surface area contributed by atoms with Gasteiger partial charge in [0.25, 0.3) is 10.0 Å². The van der Waals surface area contributed by atoms with E-state index in [1.165, 1.54) is 23.5 Å². The highest BCUT2D eigenvalue weighted by Crippen LogP contribution is 2.34. The van der Waals surface area contributed by atoms with Crippen molar-refractivity contribution in [2.24, 2.45) is 4.99 Å². The molecule has 5 aromatic rings. The molecular formula is C30H28N4O5S2. The molecule has 0 unspecified atom stereocenters. The number of hydrogen-bond donors (Lipinski definition) is 3. The fourth-order valence-corrected chi connectivity index (χ4v) is 6.28. The molecular weight excluding hydrogens is 560 g/mol. The predicted octanol–water partition coefficient (Wildman–Crippen LogP) is 5.63. The van der Waals surface area contributed by atoms with Gasteiger partial charge in [0.05, 0.1) is 33.3 Å². The highest BCUT2D eigenvalue weighted by molar-refractivity contribution is 7.93. The standard InChI is InChI=1S/C30H28N4O5S2/c1-3-40(36,37)34(2)24-17-14-22(15-18-24)31-29(21-10-6-4-7-11-21)28-26-20-23(16-19-27(26)32-30(28)35)33-41(38,39)25-12-8-5-9-13-25/h4-20,32-33,35H,3H2,1-2H3. The Morgan fingerprint density at radius 1 is 0.878 bits per heavy atom. The van der Waals surface area contributed by atoms with Gasteiger partial charge < -0.3 is 10.1 Å². The van der Waals surface area contributed by atoms with E-state index in [1.807, 2.05) is 30.3 Å². The van der Waals surface area contributed by atoms with E-state index < -0.39 is 20.0 Å². The average molecular weight is 589 g/mol. The van der Waals surface area contributed by atoms with Crippen molar-refractivity contribution in [3.8, 4) is 5.88 Å². The largest absolute Gasteiger partial charge is 0.494 e. The fraction of sp³-hybridized carbons (Fsp3) is 0.100. The van der Waals surface area contributed by atoms with Crippen LogP contribution in [-0.4, -0.2) is 45.4 Å². The third-order valence-corrected chi connectivity index (χ3v) is 9.78. The van der Waals surface area contributed by atoms with Crippen molar-refractivity contribution in [1.29, 1.82) is 0 Å². The van der Waals surface area contributed by atoms with Gasteiger partial charge in [-0.1, -0.05) is 48.5 Å². The molecule has 0 atom stereocenters. The van der Waals surface area contributed by atoms with E-state index in [4.69, 9.17) is 4.99 Å². The molecule has 0 saturated carbocycles. The van der Waals surface area contributed by atoms with Gasteiger partial charge in [0, 0.05) is 29.2 Å². The number of nitrogens with zero attached hydrogens (tertiary/aromatic N) is 2. The van der Waals surface area contributed by atoms with E-state index in [0.29, 0.717) is 44.8 Å². The molecule has 5 rings (SSSR count). The molecule has 0 fully saturated rings. The summed E-state index contributed by atoms with van der Waals surface area (Å²) in [5, 5.41) is 11.6. The fourth-order valence-electron chi connectivity index (χ4n) is 4.38. The molecule has 0 amide bonds. The van der Waals surface area contributed by atoms with Gasteiger partial charge in [-0.05, 0) is 61.5 Å². The number of aromatic hydroxyl groups is 1. The Balaban J connectivity index is 1.60. The Labute approximate surface area is 238 Å². The van der Waals surface area contributed by atoms with Gasteiger partial charge in [-0.15, -0.1) is 0 Å². The summed E-state index contributed by atoms with van der Waals surface area (Å²) in [6, 6.07) is 29.0. The molecule has 4 aromatic carbocycles. The highest BCUT2D eigenvalue weighted by Gasteiger charge is 2.21. The van der Waals surface area contributed by atoms with Crippen molar-refractivity contribution in [2.45, 2.75) is 11.8 Å². The number of anilines is 2. The van der Waals surface area contributed by atoms with E-state index in [0.717, 1.165) is 0 Å². The summed E-state index contributed by atoms with van der Waals surface area (Å²) in [5.41, 5.74) is 3.49. The summed E-state index contributed by atoms with van der Waals surface area (Å²) in [6.45, 7) is 1.59. The van der Waals surface area contributed by atoms with Crippen LogP contribution in [-0.2, 0) is 20.0 Å². The van der Waals surface area contributed by atoms with Crippen LogP contribution in [0.4, 0.5) is 17.1 Å². The number of aromatic amines is 1. The number of H-pyrrole nitrogens is 1. The van der Waals surface area contributed by atoms with E-state index in [2.05, 4.69) is 9.71 Å². The molecule has 0 bridgehead atoms. The van der Waals surface area contributed by atoms with Crippen LogP contribution in [0.25, 0.3) is 10.9 Å². The Bertz CT molecular complexity index is 1940. The summed E-state index contributed by atoms with van der Waals surface area (Å²) < 4.78 is 54.3. The van der Waals surface area contributed by atoms with E-state index in [1.54, 1.807) is 67.6 Å². The molecule has 11 heteroatoms. The number of sulfonamides is 2. The van der Waals surface area contributed by atoms with Gasteiger partial charge in [0.15, 0.2) is 5.88 Å². The summed E-state index contributed by atoms with van der Waals surface area (Å²) in [5.74, 6) is -0.152. The van der Waals surface area contributed by atoms with Crippen LogP contribution in [0.15, 0.2) is 113 Å². The molecule has 0 spiro atoms. The van der Waals surface area contributed by atoms with E-state index >= 15 is 0 Å². The summed E-state index contributed by atoms with van der Waals surface area (Å²) >= 11 is 0. The summed E-state index contributed by atoms with van der Waals surface area (Å²) in [7, 11) is -5.75. The molecule has 210 valence electrons. The van der Waals surface area contributed by atoms with Crippen LogP contribution in [0.5, 0.6) is 5.88 Å². The lowest BCUT2D eigenvalue weighted by atomic mass is 10.0. The maximum absolute atomic E-state index is 12.9. The number of aliphatic imine (C=N–C) groups is 1. The van der Waals surface area contributed by atoms with Crippen molar-refractivity contribution < 1.29 is 21.9 Å². The number of nitrogens with one attached hydrogen (secondary N) is 2. The Hall–Kier alpha value is -4.61. The molecule has 1 aromatic heterocycles. The number of fused-ring (bicyclic) bond motifs is 1. The molecule has 0 aliphatic rings. The Morgan fingerprint density at radius 2 is 1.51 bits per heavy atom. The van der Waals surface area contributed by atoms with Crippen molar-refractivity contribution in [3.05, 3.63) is 114 Å². The zero-order valence-corrected chi connectivity index (χ0v) is 23.9. The second-order valence-electron chi connectivity index (χ2n) is 9.24. The number of benzene rings is 4. The molecule has 41 heavy (non-hydrogen) atoms. The van der Waals surface area contributed by atoms with E-state index in [9.17, 15) is 21.9 Å². The third kappa shape index (κ3) is 5.81. The van der Waals surface area contributed by atoms with Crippen LogP contribution >= 0.6 is 0 Å². The van der Waals surface area contributed by atoms with E-state index in [-0.39, 0.29) is 16.5 Å². The zero-order chi connectivity index (χ0) is 29.2. The first-order chi connectivity index (χ1) is 19.6. The average Bonchev–Trinajstić information content (AvgIpc) is 3.31. The molecule has 0 radical (unpaired) electrons. The Morgan fingerprint density at radius 3 is 2.15 bits per heavy atom. The lowest BCUT2D eigenvalue weighted by Gasteiger charge is -2.18. The van der Waals surface area contributed by atoms with Crippen LogP contribution in [0.2, 0.25) is 0 Å². The van der Waals surface area contributed by atoms with Gasteiger partial charge in [-0.25, -0.2) is 21.8 Å². The number of hydrogen-bond acceptors (Lipinski definition) is 6. The molecule has 0 aliphatic carbocycles. The van der Waals surface area contributed by atoms with Gasteiger partial charge >= 0.3 is 0 Å². The molecule has 0 aliphatic heterocycles. The minimum absolute atomic E-state index is 0.0229. The zero-order valence-electron chi connectivity index (χ0n) is 22.3. The quantitative estimate of drug-likeness (QED) is 0.192. The van der Waals surface area contributed by atoms with Gasteiger partial charge in [-0.3, -0.25) is 9.03 Å². The first-order valence-electron chi connectivity index (χ1n) is 12.7. The molecule has 1 heterocycles. The van der Waals surface area contributed by atoms with Crippen molar-refractivity contribution in [1.82, 2.24) is 4.98 Å². The molecule has 0 saturated heterocycles. The van der Waals surface area contributed by atoms with Crippen molar-refractivity contribution >= 4 is 53.7 Å². The van der Waals surface area contributed by atoms with Gasteiger partial charge in [-0.2, -0.15) is 0 Å². The monoisotopic (exact) mass is 588 g/mol. The molecule has 9 nitrogen and oxygen atoms in total. The second-order valence-corrected chi connectivity index (χ2v) is 13.2. The second kappa shape index (κ2) is 11.1. The lowest BCUT2D eigenvalue weighted by Crippen LogP contribution is -2.27. The van der Waals surface area contributed by atoms with Crippen LogP contribution in [0, 0.1) is 0 Å². The smallest absolute Gasteiger partial charge is 0.261 e. The number of rotatable bonds is 9. The summed E-state index contributed by atoms with van der Waals surface area (Å²) in [6.07, 6.45) is 0. The van der Waals surface area contributed by atoms with Crippen LogP contribution in [0.1, 0.15) is 18.1 Å². The first-order valence-corrected chi connectivity index (χ1v) is 15.8. The normalized spacial score (nSPS) is 12.4. The minimum atomic E-state index is -3.83. The maximum atomic E-state index is 12.9. The maximum Gasteiger partial charge on any atom is 0.261 e. The van der Waals surface area contributed by atoms with Crippen LogP contribution in [0.3, 0.4) is 0 Å². The third-order valence-electron chi connectivity index (χ3n) is 6.60. The number of aromatic nitrogens is 1. The van der Waals surface area contributed by atoms with Crippen LogP contribution < -0.4 is 9.03 Å². The van der Waals surface area contributed by atoms with Crippen molar-refractivity contribution in [3.63, 3.8) is 0 Å². The molecule has 3 N–H and O–H groups in total.